The van der Waals surface area contributed by atoms with E-state index in [1.54, 1.807) is 50.2 Å². The molecule has 2 aromatic rings. The number of hydrogen-bond acceptors (Lipinski definition) is 6. The van der Waals surface area contributed by atoms with Gasteiger partial charge in [-0.1, -0.05) is 17.7 Å². The van der Waals surface area contributed by atoms with Crippen LogP contribution in [0.4, 0.5) is 0 Å². The third-order valence-electron chi connectivity index (χ3n) is 4.95. The molecule has 0 unspecified atom stereocenters. The highest BCUT2D eigenvalue weighted by molar-refractivity contribution is 7.89. The summed E-state index contributed by atoms with van der Waals surface area (Å²) in [5.41, 5.74) is 7.88. The maximum atomic E-state index is 12.8. The van der Waals surface area contributed by atoms with Crippen LogP contribution in [0.15, 0.2) is 41.3 Å². The normalized spacial score (nSPS) is 12.1. The molecule has 34 heavy (non-hydrogen) atoms. The Balaban J connectivity index is 1.86. The summed E-state index contributed by atoms with van der Waals surface area (Å²) in [6.45, 7) is 4.98. The molecule has 0 spiro atoms. The van der Waals surface area contributed by atoms with Gasteiger partial charge in [0.2, 0.25) is 15.9 Å². The van der Waals surface area contributed by atoms with Crippen molar-refractivity contribution in [1.29, 1.82) is 5.41 Å². The van der Waals surface area contributed by atoms with Gasteiger partial charge in [0.15, 0.2) is 0 Å². The van der Waals surface area contributed by atoms with E-state index in [4.69, 9.17) is 15.9 Å². The third kappa shape index (κ3) is 7.56. The minimum atomic E-state index is -4.11. The van der Waals surface area contributed by atoms with Gasteiger partial charge in [-0.25, -0.2) is 8.42 Å². The number of carbonyl (C=O) groups excluding carboxylic acids is 1. The number of amidine groups is 1. The highest BCUT2D eigenvalue weighted by atomic mass is 32.2. The summed E-state index contributed by atoms with van der Waals surface area (Å²) in [4.78, 5) is 23.7. The predicted octanol–water partition coefficient (Wildman–Crippen LogP) is 1.60. The lowest BCUT2D eigenvalue weighted by molar-refractivity contribution is -0.138. The van der Waals surface area contributed by atoms with Crippen LogP contribution in [0.5, 0.6) is 5.75 Å². The standard InChI is InChI=1S/C23H30N4O6S/c1-14-11-15(2)21(16(3)12-14)34(31,32)27-19(23(29)30)13-26-20(28)5-4-10-33-18-8-6-17(7-9-18)22(24)25/h6-9,11-12,19,27H,4-5,10,13H2,1-3H3,(H3,24,25)(H,26,28)(H,29,30)/t19-/m0/s1. The molecular formula is C23H30N4O6S. The second kappa shape index (κ2) is 11.6. The van der Waals surface area contributed by atoms with E-state index in [1.165, 1.54) is 0 Å². The average molecular weight is 491 g/mol. The molecule has 0 heterocycles. The second-order valence-electron chi connectivity index (χ2n) is 7.93. The monoisotopic (exact) mass is 490 g/mol. The van der Waals surface area contributed by atoms with Gasteiger partial charge >= 0.3 is 5.97 Å². The first-order valence-electron chi connectivity index (χ1n) is 10.6. The Kier molecular flexibility index (Phi) is 9.16. The van der Waals surface area contributed by atoms with E-state index in [-0.39, 0.29) is 23.8 Å². The van der Waals surface area contributed by atoms with E-state index in [2.05, 4.69) is 10.0 Å². The number of nitrogen functional groups attached to an aromatic ring is 1. The van der Waals surface area contributed by atoms with Gasteiger partial charge in [0.1, 0.15) is 17.6 Å². The molecule has 2 rings (SSSR count). The number of sulfonamides is 1. The van der Waals surface area contributed by atoms with Gasteiger partial charge in [-0.2, -0.15) is 4.72 Å². The number of aryl methyl sites for hydroxylation is 3. The van der Waals surface area contributed by atoms with Gasteiger partial charge in [0, 0.05) is 18.5 Å². The summed E-state index contributed by atoms with van der Waals surface area (Å²) >= 11 is 0. The number of amides is 1. The van der Waals surface area contributed by atoms with Crippen LogP contribution in [0.25, 0.3) is 0 Å². The first kappa shape index (κ1) is 26.8. The zero-order valence-electron chi connectivity index (χ0n) is 19.3. The lowest BCUT2D eigenvalue weighted by atomic mass is 10.1. The minimum Gasteiger partial charge on any atom is -0.494 e. The molecule has 0 aromatic heterocycles. The number of rotatable bonds is 12. The molecule has 1 atom stereocenters. The van der Waals surface area contributed by atoms with Gasteiger partial charge in [0.25, 0.3) is 0 Å². The van der Waals surface area contributed by atoms with Gasteiger partial charge in [0.05, 0.1) is 11.5 Å². The second-order valence-corrected chi connectivity index (χ2v) is 9.58. The number of aliphatic carboxylic acids is 1. The van der Waals surface area contributed by atoms with Crippen LogP contribution in [0, 0.1) is 26.2 Å². The largest absolute Gasteiger partial charge is 0.494 e. The Bertz CT molecular complexity index is 1140. The molecule has 0 aliphatic heterocycles. The van der Waals surface area contributed by atoms with Gasteiger partial charge in [-0.05, 0) is 62.6 Å². The van der Waals surface area contributed by atoms with Crippen molar-refractivity contribution in [2.75, 3.05) is 13.2 Å². The van der Waals surface area contributed by atoms with E-state index in [9.17, 15) is 23.1 Å². The molecule has 2 aromatic carbocycles. The van der Waals surface area contributed by atoms with E-state index in [1.807, 2.05) is 6.92 Å². The van der Waals surface area contributed by atoms with Crippen LogP contribution in [-0.4, -0.2) is 50.4 Å². The zero-order chi connectivity index (χ0) is 25.5. The number of carbonyl (C=O) groups is 2. The molecule has 0 aliphatic rings. The summed E-state index contributed by atoms with van der Waals surface area (Å²) < 4.78 is 33.4. The first-order valence-corrected chi connectivity index (χ1v) is 12.1. The predicted molar refractivity (Wildman–Crippen MR) is 128 cm³/mol. The molecule has 0 fully saturated rings. The Labute approximate surface area is 199 Å². The Morgan fingerprint density at radius 1 is 1.12 bits per heavy atom. The number of ether oxygens (including phenoxy) is 1. The van der Waals surface area contributed by atoms with Crippen LogP contribution in [0.2, 0.25) is 0 Å². The van der Waals surface area contributed by atoms with Crippen molar-refractivity contribution in [3.8, 4) is 5.75 Å². The zero-order valence-corrected chi connectivity index (χ0v) is 20.2. The van der Waals surface area contributed by atoms with Crippen molar-refractivity contribution in [2.45, 2.75) is 44.6 Å². The number of carboxylic acids is 1. The van der Waals surface area contributed by atoms with Crippen molar-refractivity contribution >= 4 is 27.7 Å². The molecule has 0 radical (unpaired) electrons. The molecule has 0 saturated heterocycles. The van der Waals surface area contributed by atoms with E-state index in [0.29, 0.717) is 28.9 Å². The Morgan fingerprint density at radius 2 is 1.71 bits per heavy atom. The topological polar surface area (TPSA) is 172 Å². The van der Waals surface area contributed by atoms with Crippen LogP contribution >= 0.6 is 0 Å². The summed E-state index contributed by atoms with van der Waals surface area (Å²) in [7, 11) is -4.11. The fraction of sp³-hybridized carbons (Fsp3) is 0.348. The van der Waals surface area contributed by atoms with Crippen molar-refractivity contribution in [2.24, 2.45) is 5.73 Å². The maximum Gasteiger partial charge on any atom is 0.323 e. The smallest absolute Gasteiger partial charge is 0.323 e. The first-order chi connectivity index (χ1) is 15.9. The van der Waals surface area contributed by atoms with Crippen molar-refractivity contribution in [1.82, 2.24) is 10.0 Å². The van der Waals surface area contributed by atoms with Gasteiger partial charge < -0.3 is 20.9 Å². The highest BCUT2D eigenvalue weighted by Gasteiger charge is 2.28. The number of nitrogens with one attached hydrogen (secondary N) is 3. The molecule has 184 valence electrons. The molecule has 0 saturated carbocycles. The van der Waals surface area contributed by atoms with Gasteiger partial charge in [-0.15, -0.1) is 0 Å². The van der Waals surface area contributed by atoms with Gasteiger partial charge in [-0.3, -0.25) is 15.0 Å². The lowest BCUT2D eigenvalue weighted by Gasteiger charge is -2.18. The molecule has 0 bridgehead atoms. The SMILES string of the molecule is Cc1cc(C)c(S(=O)(=O)N[C@@H](CNC(=O)CCCOc2ccc(C(=N)N)cc2)C(=O)O)c(C)c1. The molecule has 1 amide bonds. The highest BCUT2D eigenvalue weighted by Crippen LogP contribution is 2.22. The van der Waals surface area contributed by atoms with E-state index in [0.717, 1.165) is 5.56 Å². The number of carboxylic acid groups (broad SMARTS) is 1. The summed E-state index contributed by atoms with van der Waals surface area (Å²) in [6.07, 6.45) is 0.437. The Hall–Kier alpha value is -3.44. The fourth-order valence-electron chi connectivity index (χ4n) is 3.47. The van der Waals surface area contributed by atoms with Crippen LogP contribution < -0.4 is 20.5 Å². The van der Waals surface area contributed by atoms with Crippen LogP contribution in [0.1, 0.15) is 35.1 Å². The van der Waals surface area contributed by atoms with Crippen LogP contribution in [-0.2, 0) is 19.6 Å². The summed E-state index contributed by atoms with van der Waals surface area (Å²) in [5, 5.41) is 19.3. The van der Waals surface area contributed by atoms with Crippen LogP contribution in [0.3, 0.4) is 0 Å². The summed E-state index contributed by atoms with van der Waals surface area (Å²) in [6, 6.07) is 8.52. The molecular weight excluding hydrogens is 460 g/mol. The number of nitrogens with two attached hydrogens (primary N) is 1. The van der Waals surface area contributed by atoms with E-state index < -0.39 is 34.5 Å². The molecule has 10 nitrogen and oxygen atoms in total. The lowest BCUT2D eigenvalue weighted by Crippen LogP contribution is -2.48. The van der Waals surface area contributed by atoms with Crippen molar-refractivity contribution in [3.63, 3.8) is 0 Å². The minimum absolute atomic E-state index is 0.0316. The van der Waals surface area contributed by atoms with Crippen molar-refractivity contribution in [3.05, 3.63) is 58.7 Å². The molecule has 6 N–H and O–H groups in total. The van der Waals surface area contributed by atoms with Crippen molar-refractivity contribution < 1.29 is 27.9 Å². The maximum absolute atomic E-state index is 12.8. The number of benzene rings is 2. The quantitative estimate of drug-likeness (QED) is 0.171. The van der Waals surface area contributed by atoms with E-state index >= 15 is 0 Å². The fourth-order valence-corrected chi connectivity index (χ4v) is 5.12. The average Bonchev–Trinajstić information content (AvgIpc) is 2.73. The molecule has 11 heteroatoms. The summed E-state index contributed by atoms with van der Waals surface area (Å²) in [5.74, 6) is -1.31. The molecule has 0 aliphatic carbocycles. The Morgan fingerprint density at radius 3 is 2.24 bits per heavy atom. The third-order valence-corrected chi connectivity index (χ3v) is 6.73. The number of hydrogen-bond donors (Lipinski definition) is 5.